The molecule has 144 valence electrons. The summed E-state index contributed by atoms with van der Waals surface area (Å²) in [5.74, 6) is -1.21. The van der Waals surface area contributed by atoms with Crippen molar-refractivity contribution in [2.24, 2.45) is 5.92 Å². The van der Waals surface area contributed by atoms with Gasteiger partial charge < -0.3 is 9.47 Å². The summed E-state index contributed by atoms with van der Waals surface area (Å²) in [6, 6.07) is 16.0. The highest BCUT2D eigenvalue weighted by molar-refractivity contribution is 6.30. The summed E-state index contributed by atoms with van der Waals surface area (Å²) in [7, 11) is 0. The van der Waals surface area contributed by atoms with Gasteiger partial charge in [-0.05, 0) is 50.6 Å². The molecule has 0 aliphatic heterocycles. The molecule has 0 saturated carbocycles. The lowest BCUT2D eigenvalue weighted by Gasteiger charge is -2.25. The van der Waals surface area contributed by atoms with Crippen molar-refractivity contribution in [2.45, 2.75) is 45.6 Å². The third-order valence-electron chi connectivity index (χ3n) is 4.04. The number of carbonyl (C=O) groups is 2. The third kappa shape index (κ3) is 6.72. The first-order valence-corrected chi connectivity index (χ1v) is 9.27. The molecule has 0 aliphatic rings. The van der Waals surface area contributed by atoms with E-state index < -0.39 is 17.5 Å². The topological polar surface area (TPSA) is 52.6 Å². The molecule has 0 radical (unpaired) electrons. The number of esters is 2. The quantitative estimate of drug-likeness (QED) is 0.491. The average molecular weight is 389 g/mol. The molecule has 5 heteroatoms. The molecule has 0 fully saturated rings. The van der Waals surface area contributed by atoms with Gasteiger partial charge in [0.2, 0.25) is 0 Å². The van der Waals surface area contributed by atoms with Crippen LogP contribution in [-0.2, 0) is 14.3 Å². The van der Waals surface area contributed by atoms with Crippen molar-refractivity contribution in [2.75, 3.05) is 0 Å². The number of para-hydroxylation sites is 1. The van der Waals surface area contributed by atoms with Crippen molar-refractivity contribution in [1.82, 2.24) is 0 Å². The van der Waals surface area contributed by atoms with Crippen LogP contribution in [-0.4, -0.2) is 17.5 Å². The fourth-order valence-electron chi connectivity index (χ4n) is 2.72. The molecule has 27 heavy (non-hydrogen) atoms. The van der Waals surface area contributed by atoms with E-state index >= 15 is 0 Å². The summed E-state index contributed by atoms with van der Waals surface area (Å²) in [6.07, 6.45) is 0.0734. The Bertz CT molecular complexity index is 763. The first kappa shape index (κ1) is 21.0. The minimum atomic E-state index is -0.588. The van der Waals surface area contributed by atoms with Crippen LogP contribution < -0.4 is 4.74 Å². The van der Waals surface area contributed by atoms with Gasteiger partial charge in [-0.25, -0.2) is 0 Å². The van der Waals surface area contributed by atoms with Crippen LogP contribution in [0, 0.1) is 5.92 Å². The van der Waals surface area contributed by atoms with Crippen molar-refractivity contribution < 1.29 is 19.1 Å². The molecule has 2 aromatic rings. The Kier molecular flexibility index (Phi) is 7.03. The smallest absolute Gasteiger partial charge is 0.314 e. The lowest BCUT2D eigenvalue weighted by atomic mass is 9.84. The van der Waals surface area contributed by atoms with Crippen molar-refractivity contribution >= 4 is 23.5 Å². The number of carbonyl (C=O) groups excluding carboxylic acids is 2. The fraction of sp³-hybridized carbons (Fsp3) is 0.364. The first-order valence-electron chi connectivity index (χ1n) is 8.90. The molecule has 0 N–H and O–H groups in total. The monoisotopic (exact) mass is 388 g/mol. The largest absolute Gasteiger partial charge is 0.460 e. The van der Waals surface area contributed by atoms with Crippen molar-refractivity contribution in [3.05, 3.63) is 65.2 Å². The van der Waals surface area contributed by atoms with Crippen LogP contribution in [0.3, 0.4) is 0 Å². The van der Waals surface area contributed by atoms with E-state index in [2.05, 4.69) is 0 Å². The van der Waals surface area contributed by atoms with E-state index in [-0.39, 0.29) is 18.3 Å². The van der Waals surface area contributed by atoms with Crippen LogP contribution in [0.15, 0.2) is 54.6 Å². The van der Waals surface area contributed by atoms with Crippen LogP contribution in [0.25, 0.3) is 0 Å². The molecule has 0 unspecified atom stereocenters. The van der Waals surface area contributed by atoms with Gasteiger partial charge in [-0.3, -0.25) is 9.59 Å². The Morgan fingerprint density at radius 1 is 1.00 bits per heavy atom. The average Bonchev–Trinajstić information content (AvgIpc) is 2.59. The molecular weight excluding hydrogens is 364 g/mol. The van der Waals surface area contributed by atoms with Crippen LogP contribution in [0.4, 0.5) is 0 Å². The number of ether oxygens (including phenoxy) is 2. The van der Waals surface area contributed by atoms with Crippen LogP contribution in [0.5, 0.6) is 5.75 Å². The molecular formula is C22H25ClO4. The summed E-state index contributed by atoms with van der Waals surface area (Å²) in [4.78, 5) is 25.1. The molecule has 4 nitrogen and oxygen atoms in total. The van der Waals surface area contributed by atoms with E-state index in [1.165, 1.54) is 0 Å². The second-order valence-electron chi connectivity index (χ2n) is 7.47. The highest BCUT2D eigenvalue weighted by Gasteiger charge is 2.31. The second-order valence-corrected chi connectivity index (χ2v) is 7.91. The SMILES string of the molecule is C[C@H](C(=O)Oc1ccccc1)[C@H](CC(=O)OC(C)(C)C)c1ccc(Cl)cc1. The van der Waals surface area contributed by atoms with E-state index in [1.54, 1.807) is 43.3 Å². The Morgan fingerprint density at radius 2 is 1.59 bits per heavy atom. The van der Waals surface area contributed by atoms with Gasteiger partial charge in [-0.15, -0.1) is 0 Å². The predicted octanol–water partition coefficient (Wildman–Crippen LogP) is 5.40. The standard InChI is InChI=1S/C22H25ClO4/c1-15(21(25)26-18-8-6-5-7-9-18)19(14-20(24)27-22(2,3)4)16-10-12-17(23)13-11-16/h5-13,15,19H,14H2,1-4H3/t15-,19-/m0/s1. The van der Waals surface area contributed by atoms with Gasteiger partial charge in [0.25, 0.3) is 0 Å². The van der Waals surface area contributed by atoms with Gasteiger partial charge in [0.1, 0.15) is 11.4 Å². The normalized spacial score (nSPS) is 13.5. The molecule has 0 saturated heterocycles. The van der Waals surface area contributed by atoms with Gasteiger partial charge in [-0.2, -0.15) is 0 Å². The van der Waals surface area contributed by atoms with E-state index in [4.69, 9.17) is 21.1 Å². The zero-order valence-corrected chi connectivity index (χ0v) is 16.8. The molecule has 0 spiro atoms. The Hall–Kier alpha value is -2.33. The number of rotatable bonds is 6. The van der Waals surface area contributed by atoms with Gasteiger partial charge >= 0.3 is 11.9 Å². The predicted molar refractivity (Wildman–Crippen MR) is 106 cm³/mol. The van der Waals surface area contributed by atoms with Crippen LogP contribution >= 0.6 is 11.6 Å². The number of hydrogen-bond donors (Lipinski definition) is 0. The van der Waals surface area contributed by atoms with Gasteiger partial charge in [-0.1, -0.05) is 48.9 Å². The van der Waals surface area contributed by atoms with Crippen molar-refractivity contribution in [3.63, 3.8) is 0 Å². The van der Waals surface area contributed by atoms with Gasteiger partial charge in [0, 0.05) is 10.9 Å². The molecule has 0 bridgehead atoms. The Balaban J connectivity index is 2.20. The summed E-state index contributed by atoms with van der Waals surface area (Å²) in [5, 5.41) is 0.592. The summed E-state index contributed by atoms with van der Waals surface area (Å²) >= 11 is 5.98. The van der Waals surface area contributed by atoms with E-state index in [0.29, 0.717) is 10.8 Å². The second kappa shape index (κ2) is 9.05. The van der Waals surface area contributed by atoms with E-state index in [1.807, 2.05) is 39.0 Å². The lowest BCUT2D eigenvalue weighted by molar-refractivity contribution is -0.155. The molecule has 2 rings (SSSR count). The Labute approximate surface area is 165 Å². The molecule has 0 aliphatic carbocycles. The maximum atomic E-state index is 12.7. The highest BCUT2D eigenvalue weighted by atomic mass is 35.5. The number of halogens is 1. The molecule has 0 amide bonds. The molecule has 0 heterocycles. The molecule has 0 aromatic heterocycles. The number of hydrogen-bond acceptors (Lipinski definition) is 4. The maximum Gasteiger partial charge on any atom is 0.314 e. The number of benzene rings is 2. The molecule has 2 aromatic carbocycles. The highest BCUT2D eigenvalue weighted by Crippen LogP contribution is 2.31. The van der Waals surface area contributed by atoms with Crippen LogP contribution in [0.2, 0.25) is 5.02 Å². The minimum Gasteiger partial charge on any atom is -0.460 e. The lowest BCUT2D eigenvalue weighted by Crippen LogP contribution is -2.29. The summed E-state index contributed by atoms with van der Waals surface area (Å²) in [6.45, 7) is 7.20. The third-order valence-corrected chi connectivity index (χ3v) is 4.29. The zero-order chi connectivity index (χ0) is 20.0. The minimum absolute atomic E-state index is 0.0734. The fourth-order valence-corrected chi connectivity index (χ4v) is 2.84. The Morgan fingerprint density at radius 3 is 2.15 bits per heavy atom. The van der Waals surface area contributed by atoms with Crippen molar-refractivity contribution in [3.8, 4) is 5.75 Å². The van der Waals surface area contributed by atoms with E-state index in [9.17, 15) is 9.59 Å². The zero-order valence-electron chi connectivity index (χ0n) is 16.1. The van der Waals surface area contributed by atoms with Gasteiger partial charge in [0.05, 0.1) is 12.3 Å². The van der Waals surface area contributed by atoms with Crippen LogP contribution in [0.1, 0.15) is 45.6 Å². The van der Waals surface area contributed by atoms with E-state index in [0.717, 1.165) is 5.56 Å². The summed E-state index contributed by atoms with van der Waals surface area (Å²) < 4.78 is 10.9. The van der Waals surface area contributed by atoms with Crippen molar-refractivity contribution in [1.29, 1.82) is 0 Å². The first-order chi connectivity index (χ1) is 12.7. The van der Waals surface area contributed by atoms with Gasteiger partial charge in [0.15, 0.2) is 0 Å². The summed E-state index contributed by atoms with van der Waals surface area (Å²) in [5.41, 5.74) is 0.248. The maximum absolute atomic E-state index is 12.7. The molecule has 2 atom stereocenters.